The number of anilines is 1. The first kappa shape index (κ1) is 18.5. The maximum absolute atomic E-state index is 12.9. The summed E-state index contributed by atoms with van der Waals surface area (Å²) in [5.41, 5.74) is 7.28. The molecule has 1 atom stereocenters. The second-order valence-corrected chi connectivity index (χ2v) is 7.77. The van der Waals surface area contributed by atoms with Gasteiger partial charge in [-0.05, 0) is 19.5 Å². The van der Waals surface area contributed by atoms with Crippen molar-refractivity contribution in [3.63, 3.8) is 0 Å². The first-order valence-electron chi connectivity index (χ1n) is 9.18. The number of hydrogen-bond acceptors (Lipinski definition) is 7. The molecule has 8 heteroatoms. The summed E-state index contributed by atoms with van der Waals surface area (Å²) >= 11 is 1.50. The lowest BCUT2D eigenvalue weighted by atomic mass is 10.2. The van der Waals surface area contributed by atoms with Gasteiger partial charge in [0.15, 0.2) is 0 Å². The predicted octanol–water partition coefficient (Wildman–Crippen LogP) is 2.53. The minimum atomic E-state index is -0.00506. The van der Waals surface area contributed by atoms with Crippen molar-refractivity contribution in [2.45, 2.75) is 19.0 Å². The van der Waals surface area contributed by atoms with Crippen molar-refractivity contribution in [1.29, 1.82) is 0 Å². The molecule has 3 heterocycles. The molecule has 3 aromatic rings. The fourth-order valence-electron chi connectivity index (χ4n) is 3.38. The summed E-state index contributed by atoms with van der Waals surface area (Å²) in [4.78, 5) is 30.0. The Morgan fingerprint density at radius 3 is 2.89 bits per heavy atom. The maximum Gasteiger partial charge on any atom is 0.273 e. The van der Waals surface area contributed by atoms with Gasteiger partial charge in [0.2, 0.25) is 0 Å². The third kappa shape index (κ3) is 4.02. The Balaban J connectivity index is 1.38. The largest absolute Gasteiger partial charge is 0.384 e. The van der Waals surface area contributed by atoms with Gasteiger partial charge in [0.05, 0.1) is 6.54 Å². The van der Waals surface area contributed by atoms with E-state index in [0.29, 0.717) is 30.4 Å². The van der Waals surface area contributed by atoms with Gasteiger partial charge in [-0.15, -0.1) is 11.3 Å². The van der Waals surface area contributed by atoms with Crippen LogP contribution in [0, 0.1) is 0 Å². The first-order chi connectivity index (χ1) is 13.6. The zero-order valence-electron chi connectivity index (χ0n) is 15.7. The highest BCUT2D eigenvalue weighted by Gasteiger charge is 2.30. The van der Waals surface area contributed by atoms with E-state index in [1.807, 2.05) is 47.7 Å². The van der Waals surface area contributed by atoms with Crippen molar-refractivity contribution in [3.05, 3.63) is 59.5 Å². The summed E-state index contributed by atoms with van der Waals surface area (Å²) in [5, 5.41) is 2.72. The molecule has 0 radical (unpaired) electrons. The molecule has 2 N–H and O–H groups in total. The lowest BCUT2D eigenvalue weighted by Gasteiger charge is -2.23. The molecule has 1 aliphatic heterocycles. The van der Waals surface area contributed by atoms with Gasteiger partial charge in [-0.25, -0.2) is 15.0 Å². The Morgan fingerprint density at radius 2 is 2.11 bits per heavy atom. The summed E-state index contributed by atoms with van der Waals surface area (Å²) in [6.07, 6.45) is 2.59. The van der Waals surface area contributed by atoms with Crippen LogP contribution >= 0.6 is 11.3 Å². The lowest BCUT2D eigenvalue weighted by Crippen LogP contribution is -2.36. The minimum Gasteiger partial charge on any atom is -0.384 e. The molecule has 0 aliphatic carbocycles. The van der Waals surface area contributed by atoms with Crippen LogP contribution in [-0.2, 0) is 6.54 Å². The van der Waals surface area contributed by atoms with Crippen LogP contribution < -0.4 is 5.73 Å². The van der Waals surface area contributed by atoms with Gasteiger partial charge in [0.25, 0.3) is 5.91 Å². The quantitative estimate of drug-likeness (QED) is 0.715. The molecule has 1 fully saturated rings. The molecule has 1 aromatic carbocycles. The van der Waals surface area contributed by atoms with E-state index in [4.69, 9.17) is 5.73 Å². The molecule has 1 aliphatic rings. The molecule has 1 unspecified atom stereocenters. The highest BCUT2D eigenvalue weighted by Crippen LogP contribution is 2.25. The standard InChI is InChI=1S/C20H22N6OS/c1-25(12-18-22-9-7-17(21)24-18)15-8-10-26(11-15)20(27)16-13-28-19(23-16)14-5-3-2-4-6-14/h2-7,9,13,15H,8,10-12H2,1H3,(H2,21,22,24). The summed E-state index contributed by atoms with van der Waals surface area (Å²) < 4.78 is 0. The van der Waals surface area contributed by atoms with Crippen LogP contribution in [0.1, 0.15) is 22.7 Å². The third-order valence-electron chi connectivity index (χ3n) is 4.94. The van der Waals surface area contributed by atoms with Crippen molar-refractivity contribution in [2.75, 3.05) is 25.9 Å². The smallest absolute Gasteiger partial charge is 0.273 e. The lowest BCUT2D eigenvalue weighted by molar-refractivity contribution is 0.0774. The number of rotatable bonds is 5. The number of nitrogens with zero attached hydrogens (tertiary/aromatic N) is 5. The SMILES string of the molecule is CN(Cc1nccc(N)n1)C1CCN(C(=O)c2csc(-c3ccccc3)n2)C1. The van der Waals surface area contributed by atoms with Crippen molar-refractivity contribution in [2.24, 2.45) is 0 Å². The molecule has 1 saturated heterocycles. The predicted molar refractivity (Wildman–Crippen MR) is 110 cm³/mol. The summed E-state index contributed by atoms with van der Waals surface area (Å²) in [6.45, 7) is 2.01. The molecule has 0 bridgehead atoms. The number of amides is 1. The molecule has 4 rings (SSSR count). The van der Waals surface area contributed by atoms with Gasteiger partial charge in [-0.3, -0.25) is 9.69 Å². The Kier molecular flexibility index (Phi) is 5.31. The van der Waals surface area contributed by atoms with Crippen LogP contribution in [0.4, 0.5) is 5.82 Å². The molecule has 0 spiro atoms. The zero-order chi connectivity index (χ0) is 19.5. The van der Waals surface area contributed by atoms with E-state index >= 15 is 0 Å². The van der Waals surface area contributed by atoms with Gasteiger partial charge in [-0.1, -0.05) is 30.3 Å². The van der Waals surface area contributed by atoms with Gasteiger partial charge in [0.1, 0.15) is 22.3 Å². The zero-order valence-corrected chi connectivity index (χ0v) is 16.5. The van der Waals surface area contributed by atoms with Gasteiger partial charge < -0.3 is 10.6 Å². The molecule has 7 nitrogen and oxygen atoms in total. The summed E-state index contributed by atoms with van der Waals surface area (Å²) in [5.74, 6) is 1.16. The second kappa shape index (κ2) is 8.04. The Hall–Kier alpha value is -2.84. The Morgan fingerprint density at radius 1 is 1.29 bits per heavy atom. The second-order valence-electron chi connectivity index (χ2n) is 6.91. The van der Waals surface area contributed by atoms with E-state index in [0.717, 1.165) is 23.5 Å². The molecule has 0 saturated carbocycles. The first-order valence-corrected chi connectivity index (χ1v) is 10.1. The van der Waals surface area contributed by atoms with E-state index in [9.17, 15) is 4.79 Å². The fourth-order valence-corrected chi connectivity index (χ4v) is 4.18. The van der Waals surface area contributed by atoms with Gasteiger partial charge in [0, 0.05) is 36.3 Å². The topological polar surface area (TPSA) is 88.2 Å². The van der Waals surface area contributed by atoms with Crippen LogP contribution in [0.25, 0.3) is 10.6 Å². The molecule has 144 valence electrons. The van der Waals surface area contributed by atoms with Crippen LogP contribution in [0.3, 0.4) is 0 Å². The fraction of sp³-hybridized carbons (Fsp3) is 0.300. The van der Waals surface area contributed by atoms with Crippen molar-refractivity contribution in [3.8, 4) is 10.6 Å². The Bertz CT molecular complexity index is 960. The molecular weight excluding hydrogens is 372 g/mol. The highest BCUT2D eigenvalue weighted by atomic mass is 32.1. The molecule has 1 amide bonds. The monoisotopic (exact) mass is 394 g/mol. The number of thiazole rings is 1. The van der Waals surface area contributed by atoms with Crippen LogP contribution in [0.2, 0.25) is 0 Å². The van der Waals surface area contributed by atoms with Crippen LogP contribution in [-0.4, -0.2) is 56.8 Å². The van der Waals surface area contributed by atoms with E-state index in [-0.39, 0.29) is 11.9 Å². The van der Waals surface area contributed by atoms with Crippen molar-refractivity contribution in [1.82, 2.24) is 24.8 Å². The average molecular weight is 395 g/mol. The maximum atomic E-state index is 12.9. The van der Waals surface area contributed by atoms with Gasteiger partial charge >= 0.3 is 0 Å². The number of carbonyl (C=O) groups is 1. The summed E-state index contributed by atoms with van der Waals surface area (Å²) in [6, 6.07) is 11.9. The van der Waals surface area contributed by atoms with Crippen LogP contribution in [0.15, 0.2) is 48.0 Å². The summed E-state index contributed by atoms with van der Waals surface area (Å²) in [7, 11) is 2.03. The number of likely N-dealkylation sites (N-methyl/N-ethyl adjacent to an activating group) is 1. The number of nitrogens with two attached hydrogens (primary N) is 1. The normalized spacial score (nSPS) is 16.6. The number of likely N-dealkylation sites (tertiary alicyclic amines) is 1. The van der Waals surface area contributed by atoms with Crippen molar-refractivity contribution >= 4 is 23.1 Å². The number of aromatic nitrogens is 3. The van der Waals surface area contributed by atoms with Gasteiger partial charge in [-0.2, -0.15) is 0 Å². The highest BCUT2D eigenvalue weighted by molar-refractivity contribution is 7.13. The van der Waals surface area contributed by atoms with E-state index < -0.39 is 0 Å². The number of nitrogen functional groups attached to an aromatic ring is 1. The van der Waals surface area contributed by atoms with E-state index in [1.165, 1.54) is 11.3 Å². The minimum absolute atomic E-state index is 0.00506. The average Bonchev–Trinajstić information content (AvgIpc) is 3.38. The number of carbonyl (C=O) groups excluding carboxylic acids is 1. The molecule has 28 heavy (non-hydrogen) atoms. The number of hydrogen-bond donors (Lipinski definition) is 1. The van der Waals surface area contributed by atoms with E-state index in [2.05, 4.69) is 19.9 Å². The van der Waals surface area contributed by atoms with Crippen molar-refractivity contribution < 1.29 is 4.79 Å². The molecule has 2 aromatic heterocycles. The Labute approximate surface area is 167 Å². The molecular formula is C20H22N6OS. The van der Waals surface area contributed by atoms with E-state index in [1.54, 1.807) is 12.3 Å². The van der Waals surface area contributed by atoms with Crippen LogP contribution in [0.5, 0.6) is 0 Å². The number of benzene rings is 1. The third-order valence-corrected chi connectivity index (χ3v) is 5.83.